The quantitative estimate of drug-likeness (QED) is 0.894. The normalized spacial score (nSPS) is 11.8. The van der Waals surface area contributed by atoms with Gasteiger partial charge in [0.05, 0.1) is 24.0 Å². The Morgan fingerprint density at radius 3 is 2.79 bits per heavy atom. The standard InChI is InChI=1S/C13H14F3N3/c1-2-17-8-12-18-7-11(19-12)9-4-3-5-10(6-9)13(14,15)16/h3-7,17H,2,8H2,1H3,(H,18,19). The van der Waals surface area contributed by atoms with Crippen LogP contribution in [0, 0.1) is 0 Å². The van der Waals surface area contributed by atoms with E-state index in [4.69, 9.17) is 0 Å². The molecule has 0 radical (unpaired) electrons. The van der Waals surface area contributed by atoms with Gasteiger partial charge in [0.2, 0.25) is 0 Å². The van der Waals surface area contributed by atoms with Gasteiger partial charge in [-0.15, -0.1) is 0 Å². The molecule has 3 nitrogen and oxygen atoms in total. The maximum atomic E-state index is 12.6. The minimum Gasteiger partial charge on any atom is -0.341 e. The van der Waals surface area contributed by atoms with Crippen molar-refractivity contribution in [3.05, 3.63) is 41.9 Å². The van der Waals surface area contributed by atoms with Crippen molar-refractivity contribution in [3.63, 3.8) is 0 Å². The first-order valence-electron chi connectivity index (χ1n) is 5.93. The maximum absolute atomic E-state index is 12.6. The van der Waals surface area contributed by atoms with Gasteiger partial charge >= 0.3 is 6.18 Å². The Balaban J connectivity index is 2.24. The summed E-state index contributed by atoms with van der Waals surface area (Å²) in [5.74, 6) is 0.703. The van der Waals surface area contributed by atoms with E-state index in [0.717, 1.165) is 18.7 Å². The first kappa shape index (κ1) is 13.6. The van der Waals surface area contributed by atoms with Crippen molar-refractivity contribution >= 4 is 0 Å². The Hall–Kier alpha value is -1.82. The maximum Gasteiger partial charge on any atom is 0.416 e. The number of aromatic nitrogens is 2. The van der Waals surface area contributed by atoms with Gasteiger partial charge in [0.1, 0.15) is 5.82 Å². The van der Waals surface area contributed by atoms with E-state index in [1.807, 2.05) is 6.92 Å². The molecule has 0 aliphatic rings. The summed E-state index contributed by atoms with van der Waals surface area (Å²) in [5, 5.41) is 3.09. The number of alkyl halides is 3. The van der Waals surface area contributed by atoms with Gasteiger partial charge < -0.3 is 10.3 Å². The second-order valence-electron chi connectivity index (χ2n) is 4.10. The second kappa shape index (κ2) is 5.44. The third kappa shape index (κ3) is 3.35. The fraction of sp³-hybridized carbons (Fsp3) is 0.308. The summed E-state index contributed by atoms with van der Waals surface area (Å²) >= 11 is 0. The minimum atomic E-state index is -4.33. The van der Waals surface area contributed by atoms with Crippen LogP contribution in [0.25, 0.3) is 11.3 Å². The van der Waals surface area contributed by atoms with Gasteiger partial charge in [-0.1, -0.05) is 19.1 Å². The molecular weight excluding hydrogens is 255 g/mol. The summed E-state index contributed by atoms with van der Waals surface area (Å²) < 4.78 is 37.9. The average Bonchev–Trinajstić information content (AvgIpc) is 2.84. The number of halogens is 3. The molecule has 0 bridgehead atoms. The fourth-order valence-electron chi connectivity index (χ4n) is 1.71. The highest BCUT2D eigenvalue weighted by molar-refractivity contribution is 5.59. The van der Waals surface area contributed by atoms with Gasteiger partial charge in [-0.3, -0.25) is 0 Å². The topological polar surface area (TPSA) is 40.7 Å². The van der Waals surface area contributed by atoms with Crippen molar-refractivity contribution in [1.29, 1.82) is 0 Å². The number of benzene rings is 1. The number of nitrogens with one attached hydrogen (secondary N) is 2. The molecule has 2 rings (SSSR count). The Morgan fingerprint density at radius 1 is 1.32 bits per heavy atom. The molecule has 1 aromatic heterocycles. The first-order valence-corrected chi connectivity index (χ1v) is 5.93. The second-order valence-corrected chi connectivity index (χ2v) is 4.10. The van der Waals surface area contributed by atoms with E-state index < -0.39 is 11.7 Å². The van der Waals surface area contributed by atoms with Crippen LogP contribution < -0.4 is 5.32 Å². The minimum absolute atomic E-state index is 0.477. The van der Waals surface area contributed by atoms with E-state index in [1.54, 1.807) is 12.3 Å². The van der Waals surface area contributed by atoms with Crippen LogP contribution in [0.1, 0.15) is 18.3 Å². The van der Waals surface area contributed by atoms with Gasteiger partial charge in [0.25, 0.3) is 0 Å². The molecule has 0 amide bonds. The van der Waals surface area contributed by atoms with Crippen LogP contribution >= 0.6 is 0 Å². The molecule has 0 saturated carbocycles. The zero-order valence-corrected chi connectivity index (χ0v) is 10.4. The van der Waals surface area contributed by atoms with Crippen LogP contribution in [0.2, 0.25) is 0 Å². The average molecular weight is 269 g/mol. The molecule has 2 N–H and O–H groups in total. The monoisotopic (exact) mass is 269 g/mol. The van der Waals surface area contributed by atoms with Crippen LogP contribution in [0.4, 0.5) is 13.2 Å². The number of hydrogen-bond acceptors (Lipinski definition) is 2. The summed E-state index contributed by atoms with van der Waals surface area (Å²) in [6.07, 6.45) is -2.79. The number of aromatic amines is 1. The van der Waals surface area contributed by atoms with Crippen LogP contribution in [0.5, 0.6) is 0 Å². The molecule has 0 atom stereocenters. The lowest BCUT2D eigenvalue weighted by molar-refractivity contribution is -0.137. The van der Waals surface area contributed by atoms with Crippen LogP contribution in [-0.2, 0) is 12.7 Å². The molecule has 0 fully saturated rings. The van der Waals surface area contributed by atoms with Crippen LogP contribution in [0.15, 0.2) is 30.5 Å². The zero-order valence-electron chi connectivity index (χ0n) is 10.4. The zero-order chi connectivity index (χ0) is 13.9. The molecule has 1 aromatic carbocycles. The smallest absolute Gasteiger partial charge is 0.341 e. The highest BCUT2D eigenvalue weighted by atomic mass is 19.4. The predicted molar refractivity (Wildman–Crippen MR) is 66.4 cm³/mol. The van der Waals surface area contributed by atoms with Crippen molar-refractivity contribution in [3.8, 4) is 11.3 Å². The molecule has 19 heavy (non-hydrogen) atoms. The Kier molecular flexibility index (Phi) is 3.90. The largest absolute Gasteiger partial charge is 0.416 e. The summed E-state index contributed by atoms with van der Waals surface area (Å²) in [7, 11) is 0. The summed E-state index contributed by atoms with van der Waals surface area (Å²) in [5.41, 5.74) is 0.400. The Morgan fingerprint density at radius 2 is 2.11 bits per heavy atom. The molecule has 6 heteroatoms. The number of rotatable bonds is 4. The third-order valence-corrected chi connectivity index (χ3v) is 2.67. The van der Waals surface area contributed by atoms with E-state index in [1.165, 1.54) is 6.07 Å². The van der Waals surface area contributed by atoms with Gasteiger partial charge in [-0.05, 0) is 18.7 Å². The number of nitrogens with zero attached hydrogens (tertiary/aromatic N) is 1. The van der Waals surface area contributed by atoms with Crippen molar-refractivity contribution in [2.75, 3.05) is 6.54 Å². The molecule has 102 valence electrons. The van der Waals surface area contributed by atoms with E-state index in [-0.39, 0.29) is 0 Å². The van der Waals surface area contributed by atoms with Crippen molar-refractivity contribution in [2.24, 2.45) is 0 Å². The molecular formula is C13H14F3N3. The van der Waals surface area contributed by atoms with Crippen molar-refractivity contribution < 1.29 is 13.2 Å². The molecule has 0 spiro atoms. The molecule has 0 aliphatic heterocycles. The molecule has 0 unspecified atom stereocenters. The van der Waals surface area contributed by atoms with Crippen LogP contribution in [-0.4, -0.2) is 16.5 Å². The molecule has 1 heterocycles. The van der Waals surface area contributed by atoms with Gasteiger partial charge in [-0.2, -0.15) is 13.2 Å². The lowest BCUT2D eigenvalue weighted by Gasteiger charge is -2.07. The van der Waals surface area contributed by atoms with E-state index in [2.05, 4.69) is 15.3 Å². The highest BCUT2D eigenvalue weighted by Gasteiger charge is 2.30. The van der Waals surface area contributed by atoms with E-state index >= 15 is 0 Å². The molecule has 0 aliphatic carbocycles. The number of H-pyrrole nitrogens is 1. The lowest BCUT2D eigenvalue weighted by atomic mass is 10.1. The highest BCUT2D eigenvalue weighted by Crippen LogP contribution is 2.31. The first-order chi connectivity index (χ1) is 9.00. The van der Waals surface area contributed by atoms with Gasteiger partial charge in [0, 0.05) is 5.56 Å². The van der Waals surface area contributed by atoms with E-state index in [0.29, 0.717) is 23.6 Å². The van der Waals surface area contributed by atoms with Gasteiger partial charge in [-0.25, -0.2) is 4.98 Å². The predicted octanol–water partition coefficient (Wildman–Crippen LogP) is 3.21. The lowest BCUT2D eigenvalue weighted by Crippen LogP contribution is -2.12. The van der Waals surface area contributed by atoms with Crippen molar-refractivity contribution in [1.82, 2.24) is 15.3 Å². The van der Waals surface area contributed by atoms with Crippen molar-refractivity contribution in [2.45, 2.75) is 19.6 Å². The number of hydrogen-bond donors (Lipinski definition) is 2. The summed E-state index contributed by atoms with van der Waals surface area (Å²) in [4.78, 5) is 7.12. The van der Waals surface area contributed by atoms with Crippen LogP contribution in [0.3, 0.4) is 0 Å². The molecule has 2 aromatic rings. The Bertz CT molecular complexity index is 546. The SMILES string of the molecule is CCNCc1ncc(-c2cccc(C(F)(F)F)c2)[nH]1. The fourth-order valence-corrected chi connectivity index (χ4v) is 1.71. The Labute approximate surface area is 108 Å². The number of imidazole rings is 1. The van der Waals surface area contributed by atoms with E-state index in [9.17, 15) is 13.2 Å². The summed E-state index contributed by atoms with van der Waals surface area (Å²) in [6.45, 7) is 3.34. The molecule has 0 saturated heterocycles. The third-order valence-electron chi connectivity index (χ3n) is 2.67. The summed E-state index contributed by atoms with van der Waals surface area (Å²) in [6, 6.07) is 5.19. The van der Waals surface area contributed by atoms with Gasteiger partial charge in [0.15, 0.2) is 0 Å².